The quantitative estimate of drug-likeness (QED) is 0.637. The second-order valence-corrected chi connectivity index (χ2v) is 7.42. The number of rotatable bonds is 7. The van der Waals surface area contributed by atoms with Gasteiger partial charge in [-0.3, -0.25) is 14.0 Å². The Bertz CT molecular complexity index is 980. The molecular weight excluding hydrogens is 376 g/mol. The highest BCUT2D eigenvalue weighted by Gasteiger charge is 2.21. The van der Waals surface area contributed by atoms with Crippen LogP contribution in [-0.2, 0) is 6.54 Å². The van der Waals surface area contributed by atoms with Gasteiger partial charge in [0.2, 0.25) is 5.82 Å². The van der Waals surface area contributed by atoms with Crippen molar-refractivity contribution in [3.05, 3.63) is 70.8 Å². The fraction of sp³-hybridized carbons (Fsp3) is 0.286. The zero-order valence-corrected chi connectivity index (χ0v) is 16.7. The summed E-state index contributed by atoms with van der Waals surface area (Å²) in [6, 6.07) is 12.6. The lowest BCUT2D eigenvalue weighted by atomic mass is 10.1. The second-order valence-electron chi connectivity index (χ2n) is 6.99. The maximum absolute atomic E-state index is 12.7. The molecule has 0 aliphatic rings. The van der Waals surface area contributed by atoms with Gasteiger partial charge >= 0.3 is 0 Å². The van der Waals surface area contributed by atoms with E-state index in [4.69, 9.17) is 11.6 Å². The molecule has 2 N–H and O–H groups in total. The Morgan fingerprint density at radius 2 is 1.82 bits per heavy atom. The van der Waals surface area contributed by atoms with E-state index in [2.05, 4.69) is 29.5 Å². The molecule has 2 aromatic heterocycles. The van der Waals surface area contributed by atoms with E-state index >= 15 is 0 Å². The zero-order chi connectivity index (χ0) is 20.1. The topological polar surface area (TPSA) is 75.5 Å². The molecule has 0 fully saturated rings. The van der Waals surface area contributed by atoms with Crippen LogP contribution in [0.5, 0.6) is 0 Å². The minimum absolute atomic E-state index is 0.205. The molecule has 0 aliphatic carbocycles. The maximum Gasteiger partial charge on any atom is 0.287 e. The van der Waals surface area contributed by atoms with Gasteiger partial charge in [-0.2, -0.15) is 0 Å². The van der Waals surface area contributed by atoms with Crippen molar-refractivity contribution in [1.29, 1.82) is 0 Å². The maximum atomic E-state index is 12.7. The molecule has 3 aromatic rings. The highest BCUT2D eigenvalue weighted by molar-refractivity contribution is 6.30. The van der Waals surface area contributed by atoms with E-state index in [0.29, 0.717) is 29.5 Å². The predicted molar refractivity (Wildman–Crippen MR) is 110 cm³/mol. The average molecular weight is 399 g/mol. The van der Waals surface area contributed by atoms with Gasteiger partial charge < -0.3 is 10.6 Å². The van der Waals surface area contributed by atoms with Crippen LogP contribution < -0.4 is 10.6 Å². The third-order valence-electron chi connectivity index (χ3n) is 4.34. The molecule has 0 spiro atoms. The number of amides is 2. The monoisotopic (exact) mass is 398 g/mol. The summed E-state index contributed by atoms with van der Waals surface area (Å²) in [5.74, 6) is 0.0704. The number of carbonyl (C=O) groups is 2. The zero-order valence-electron chi connectivity index (χ0n) is 15.9. The number of halogens is 1. The summed E-state index contributed by atoms with van der Waals surface area (Å²) in [7, 11) is 0. The van der Waals surface area contributed by atoms with Gasteiger partial charge in [-0.1, -0.05) is 43.6 Å². The molecular formula is C21H23ClN4O2. The third kappa shape index (κ3) is 4.70. The number of pyridine rings is 1. The van der Waals surface area contributed by atoms with Crippen molar-refractivity contribution in [2.45, 2.75) is 26.8 Å². The molecule has 0 saturated heterocycles. The van der Waals surface area contributed by atoms with Crippen molar-refractivity contribution < 1.29 is 9.59 Å². The Morgan fingerprint density at radius 3 is 2.54 bits per heavy atom. The molecule has 2 amide bonds. The van der Waals surface area contributed by atoms with E-state index in [1.165, 1.54) is 0 Å². The van der Waals surface area contributed by atoms with Crippen LogP contribution in [0.1, 0.15) is 46.9 Å². The van der Waals surface area contributed by atoms with Crippen LogP contribution in [0.3, 0.4) is 0 Å². The van der Waals surface area contributed by atoms with Gasteiger partial charge in [0, 0.05) is 24.3 Å². The lowest BCUT2D eigenvalue weighted by molar-refractivity contribution is 0.0941. The number of imidazole rings is 1. The first kappa shape index (κ1) is 19.9. The van der Waals surface area contributed by atoms with E-state index in [1.807, 2.05) is 18.2 Å². The molecule has 0 saturated carbocycles. The summed E-state index contributed by atoms with van der Waals surface area (Å²) in [5, 5.41) is 6.36. The van der Waals surface area contributed by atoms with E-state index in [-0.39, 0.29) is 23.3 Å². The number of benzene rings is 1. The van der Waals surface area contributed by atoms with Crippen LogP contribution in [0, 0.1) is 5.92 Å². The van der Waals surface area contributed by atoms with Crippen molar-refractivity contribution in [3.63, 3.8) is 0 Å². The van der Waals surface area contributed by atoms with E-state index < -0.39 is 0 Å². The van der Waals surface area contributed by atoms with Gasteiger partial charge in [0.25, 0.3) is 11.8 Å². The van der Waals surface area contributed by atoms with Crippen LogP contribution in [0.4, 0.5) is 0 Å². The number of aromatic nitrogens is 2. The largest absolute Gasteiger partial charge is 0.349 e. The lowest BCUT2D eigenvalue weighted by Gasteiger charge is -2.06. The number of hydrogen-bond donors (Lipinski definition) is 2. The number of nitrogens with zero attached hydrogens (tertiary/aromatic N) is 2. The molecule has 0 radical (unpaired) electrons. The van der Waals surface area contributed by atoms with Crippen molar-refractivity contribution in [2.24, 2.45) is 5.92 Å². The molecule has 146 valence electrons. The molecule has 3 rings (SSSR count). The minimum atomic E-state index is -0.333. The standard InChI is InChI=1S/C21H23ClN4O2/c1-14(2)10-11-23-21(28)19-25-18(17-5-3-4-12-26(17)19)20(27)24-13-15-6-8-16(22)9-7-15/h3-9,12,14H,10-11,13H2,1-2H3,(H,23,28)(H,24,27). The fourth-order valence-corrected chi connectivity index (χ4v) is 2.91. The Morgan fingerprint density at radius 1 is 1.07 bits per heavy atom. The van der Waals surface area contributed by atoms with Gasteiger partial charge in [-0.15, -0.1) is 0 Å². The Hall–Kier alpha value is -2.86. The first-order chi connectivity index (χ1) is 13.5. The summed E-state index contributed by atoms with van der Waals surface area (Å²) >= 11 is 5.88. The molecule has 2 heterocycles. The van der Waals surface area contributed by atoms with Crippen molar-refractivity contribution >= 4 is 28.9 Å². The van der Waals surface area contributed by atoms with Gasteiger partial charge in [0.15, 0.2) is 5.69 Å². The van der Waals surface area contributed by atoms with Gasteiger partial charge in [0.05, 0.1) is 5.52 Å². The lowest BCUT2D eigenvalue weighted by Crippen LogP contribution is -2.27. The smallest absolute Gasteiger partial charge is 0.287 e. The van der Waals surface area contributed by atoms with E-state index in [9.17, 15) is 9.59 Å². The van der Waals surface area contributed by atoms with Crippen LogP contribution in [0.15, 0.2) is 48.7 Å². The number of carbonyl (C=O) groups excluding carboxylic acids is 2. The number of fused-ring (bicyclic) bond motifs is 1. The number of nitrogens with one attached hydrogen (secondary N) is 2. The molecule has 28 heavy (non-hydrogen) atoms. The van der Waals surface area contributed by atoms with Crippen LogP contribution in [-0.4, -0.2) is 27.7 Å². The number of hydrogen-bond acceptors (Lipinski definition) is 3. The van der Waals surface area contributed by atoms with Crippen LogP contribution >= 0.6 is 11.6 Å². The van der Waals surface area contributed by atoms with Crippen LogP contribution in [0.2, 0.25) is 5.02 Å². The van der Waals surface area contributed by atoms with Crippen LogP contribution in [0.25, 0.3) is 5.52 Å². The normalized spacial score (nSPS) is 11.0. The van der Waals surface area contributed by atoms with Gasteiger partial charge in [0.1, 0.15) is 0 Å². The first-order valence-corrected chi connectivity index (χ1v) is 9.61. The highest BCUT2D eigenvalue weighted by atomic mass is 35.5. The van der Waals surface area contributed by atoms with Crippen molar-refractivity contribution in [2.75, 3.05) is 6.54 Å². The summed E-state index contributed by atoms with van der Waals surface area (Å²) < 4.78 is 1.64. The Kier molecular flexibility index (Phi) is 6.31. The summed E-state index contributed by atoms with van der Waals surface area (Å²) in [4.78, 5) is 29.6. The van der Waals surface area contributed by atoms with Gasteiger partial charge in [-0.05, 0) is 42.2 Å². The average Bonchev–Trinajstić information content (AvgIpc) is 3.07. The molecule has 6 nitrogen and oxygen atoms in total. The molecule has 0 bridgehead atoms. The molecule has 0 atom stereocenters. The predicted octanol–water partition coefficient (Wildman–Crippen LogP) is 3.69. The first-order valence-electron chi connectivity index (χ1n) is 9.23. The SMILES string of the molecule is CC(C)CCNC(=O)c1nc(C(=O)NCc2ccc(Cl)cc2)c2ccccn12. The van der Waals surface area contributed by atoms with E-state index in [1.54, 1.807) is 34.9 Å². The van der Waals surface area contributed by atoms with E-state index in [0.717, 1.165) is 12.0 Å². The summed E-state index contributed by atoms with van der Waals surface area (Å²) in [6.07, 6.45) is 2.61. The van der Waals surface area contributed by atoms with Crippen molar-refractivity contribution in [3.8, 4) is 0 Å². The van der Waals surface area contributed by atoms with Crippen molar-refractivity contribution in [1.82, 2.24) is 20.0 Å². The summed E-state index contributed by atoms with van der Waals surface area (Å²) in [5.41, 5.74) is 1.74. The molecule has 0 aliphatic heterocycles. The molecule has 7 heteroatoms. The molecule has 1 aromatic carbocycles. The Labute approximate surface area is 168 Å². The second kappa shape index (κ2) is 8.89. The highest BCUT2D eigenvalue weighted by Crippen LogP contribution is 2.14. The minimum Gasteiger partial charge on any atom is -0.349 e. The van der Waals surface area contributed by atoms with Gasteiger partial charge in [-0.25, -0.2) is 4.98 Å². The third-order valence-corrected chi connectivity index (χ3v) is 4.59. The fourth-order valence-electron chi connectivity index (χ4n) is 2.79. The molecule has 0 unspecified atom stereocenters. The Balaban J connectivity index is 1.78. The summed E-state index contributed by atoms with van der Waals surface area (Å²) in [6.45, 7) is 5.11.